The number of guanidine groups is 1. The van der Waals surface area contributed by atoms with Crippen LogP contribution >= 0.6 is 24.0 Å². The molecule has 3 rings (SSSR count). The molecule has 0 amide bonds. The lowest BCUT2D eigenvalue weighted by atomic mass is 9.73. The van der Waals surface area contributed by atoms with Crippen LogP contribution in [-0.4, -0.2) is 51.0 Å². The third-order valence-electron chi connectivity index (χ3n) is 5.91. The zero-order valence-corrected chi connectivity index (χ0v) is 21.8. The van der Waals surface area contributed by atoms with Gasteiger partial charge in [0.1, 0.15) is 17.1 Å². The molecule has 0 radical (unpaired) electrons. The molecule has 0 spiro atoms. The van der Waals surface area contributed by atoms with Crippen LogP contribution in [0.5, 0.6) is 5.75 Å². The van der Waals surface area contributed by atoms with Crippen molar-refractivity contribution in [3.8, 4) is 5.75 Å². The second-order valence-electron chi connectivity index (χ2n) is 8.40. The Balaban J connectivity index is 0.00000363. The molecule has 1 fully saturated rings. The zero-order chi connectivity index (χ0) is 22.3. The van der Waals surface area contributed by atoms with E-state index in [2.05, 4.69) is 34.7 Å². The van der Waals surface area contributed by atoms with Crippen LogP contribution in [0, 0.1) is 6.92 Å². The van der Waals surface area contributed by atoms with Crippen molar-refractivity contribution in [2.45, 2.75) is 44.6 Å². The number of ether oxygens (including phenoxy) is 2. The van der Waals surface area contributed by atoms with Crippen LogP contribution in [0.4, 0.5) is 0 Å². The fourth-order valence-electron chi connectivity index (χ4n) is 4.03. The Hall–Kier alpha value is -1.78. The molecule has 1 aromatic heterocycles. The van der Waals surface area contributed by atoms with Gasteiger partial charge in [-0.2, -0.15) is 0 Å². The Morgan fingerprint density at radius 3 is 2.62 bits per heavy atom. The summed E-state index contributed by atoms with van der Waals surface area (Å²) in [4.78, 5) is 4.63. The Morgan fingerprint density at radius 1 is 1.25 bits per heavy atom. The van der Waals surface area contributed by atoms with Gasteiger partial charge in [0.25, 0.3) is 0 Å². The first-order valence-electron chi connectivity index (χ1n) is 10.9. The molecule has 1 atom stereocenters. The minimum Gasteiger partial charge on any atom is -0.496 e. The summed E-state index contributed by atoms with van der Waals surface area (Å²) in [5, 5.41) is 17.5. The van der Waals surface area contributed by atoms with Gasteiger partial charge >= 0.3 is 0 Å². The van der Waals surface area contributed by atoms with Crippen molar-refractivity contribution in [1.82, 2.24) is 10.6 Å². The third kappa shape index (κ3) is 6.39. The van der Waals surface area contributed by atoms with E-state index in [1.165, 1.54) is 11.1 Å². The van der Waals surface area contributed by atoms with Crippen molar-refractivity contribution in [2.75, 3.05) is 40.0 Å². The van der Waals surface area contributed by atoms with Gasteiger partial charge in [0.15, 0.2) is 5.96 Å². The Bertz CT molecular complexity index is 862. The lowest BCUT2D eigenvalue weighted by Gasteiger charge is -2.39. The SMILES string of the molecule is CCNC(=NCC(C)(O)c1ccco1)NCC1(c2cc(C)ccc2OC)CCOCC1.I. The highest BCUT2D eigenvalue weighted by Crippen LogP contribution is 2.40. The number of furan rings is 1. The van der Waals surface area contributed by atoms with Crippen LogP contribution < -0.4 is 15.4 Å². The first-order chi connectivity index (χ1) is 14.9. The summed E-state index contributed by atoms with van der Waals surface area (Å²) in [6, 6.07) is 9.86. The molecule has 8 heteroatoms. The number of aryl methyl sites for hydroxylation is 1. The van der Waals surface area contributed by atoms with E-state index in [9.17, 15) is 5.11 Å². The number of methoxy groups -OCH3 is 1. The molecule has 0 aliphatic carbocycles. The summed E-state index contributed by atoms with van der Waals surface area (Å²) in [6.07, 6.45) is 3.34. The van der Waals surface area contributed by atoms with Gasteiger partial charge in [0.05, 0.1) is 19.9 Å². The second kappa shape index (κ2) is 11.9. The highest BCUT2D eigenvalue weighted by molar-refractivity contribution is 14.0. The van der Waals surface area contributed by atoms with Gasteiger partial charge in [-0.3, -0.25) is 0 Å². The topological polar surface area (TPSA) is 88.3 Å². The average Bonchev–Trinajstić information content (AvgIpc) is 3.32. The smallest absolute Gasteiger partial charge is 0.191 e. The molecule has 2 aromatic rings. The van der Waals surface area contributed by atoms with Crippen molar-refractivity contribution in [1.29, 1.82) is 0 Å². The van der Waals surface area contributed by atoms with Crippen LogP contribution in [0.3, 0.4) is 0 Å². The van der Waals surface area contributed by atoms with Gasteiger partial charge in [-0.25, -0.2) is 4.99 Å². The van der Waals surface area contributed by atoms with Gasteiger partial charge in [-0.1, -0.05) is 17.7 Å². The normalized spacial score (nSPS) is 17.7. The van der Waals surface area contributed by atoms with E-state index in [0.717, 1.165) is 25.1 Å². The van der Waals surface area contributed by atoms with Gasteiger partial charge < -0.3 is 29.6 Å². The minimum absolute atomic E-state index is 0. The molecule has 2 heterocycles. The van der Waals surface area contributed by atoms with E-state index in [-0.39, 0.29) is 35.9 Å². The monoisotopic (exact) mass is 557 g/mol. The summed E-state index contributed by atoms with van der Waals surface area (Å²) < 4.78 is 16.8. The van der Waals surface area contributed by atoms with E-state index in [4.69, 9.17) is 13.9 Å². The standard InChI is InChI=1S/C24H35N3O4.HI/c1-5-25-22(26-16-23(3,28)21-7-6-12-31-21)27-17-24(10-13-30-14-11-24)19-15-18(2)8-9-20(19)29-4;/h6-9,12,15,28H,5,10-11,13-14,16-17H2,1-4H3,(H2,25,26,27);1H. The number of aliphatic imine (C=N–C) groups is 1. The van der Waals surface area contributed by atoms with E-state index < -0.39 is 5.60 Å². The number of nitrogens with zero attached hydrogens (tertiary/aromatic N) is 1. The predicted octanol–water partition coefficient (Wildman–Crippen LogP) is 3.73. The summed E-state index contributed by atoms with van der Waals surface area (Å²) in [5.74, 6) is 2.06. The first-order valence-corrected chi connectivity index (χ1v) is 10.9. The largest absolute Gasteiger partial charge is 0.496 e. The van der Waals surface area contributed by atoms with Crippen molar-refractivity contribution in [2.24, 2.45) is 4.99 Å². The van der Waals surface area contributed by atoms with Crippen molar-refractivity contribution < 1.29 is 19.0 Å². The molecule has 178 valence electrons. The van der Waals surface area contributed by atoms with Crippen LogP contribution in [0.1, 0.15) is 43.6 Å². The molecule has 7 nitrogen and oxygen atoms in total. The van der Waals surface area contributed by atoms with Crippen LogP contribution in [0.15, 0.2) is 46.0 Å². The maximum absolute atomic E-state index is 10.7. The van der Waals surface area contributed by atoms with Gasteiger partial charge in [0.2, 0.25) is 0 Å². The van der Waals surface area contributed by atoms with Crippen LogP contribution in [0.25, 0.3) is 0 Å². The Morgan fingerprint density at radius 2 is 2.00 bits per heavy atom. The average molecular weight is 557 g/mol. The maximum atomic E-state index is 10.7. The van der Waals surface area contributed by atoms with Gasteiger partial charge in [-0.05, 0) is 51.8 Å². The predicted molar refractivity (Wildman–Crippen MR) is 137 cm³/mol. The molecule has 1 unspecified atom stereocenters. The fraction of sp³-hybridized carbons (Fsp3) is 0.542. The number of nitrogens with one attached hydrogen (secondary N) is 2. The van der Waals surface area contributed by atoms with E-state index in [0.29, 0.717) is 31.5 Å². The molecule has 0 bridgehead atoms. The molecule has 1 aliphatic heterocycles. The van der Waals surface area contributed by atoms with Crippen molar-refractivity contribution in [3.63, 3.8) is 0 Å². The molecule has 1 saturated heterocycles. The number of halogens is 1. The lowest BCUT2D eigenvalue weighted by Crippen LogP contribution is -2.48. The first kappa shape index (κ1) is 26.5. The number of aliphatic hydroxyl groups is 1. The van der Waals surface area contributed by atoms with Gasteiger partial charge in [-0.15, -0.1) is 24.0 Å². The number of hydrogen-bond donors (Lipinski definition) is 3. The van der Waals surface area contributed by atoms with Crippen LogP contribution in [0.2, 0.25) is 0 Å². The number of benzene rings is 1. The highest BCUT2D eigenvalue weighted by Gasteiger charge is 2.37. The fourth-order valence-corrected chi connectivity index (χ4v) is 4.03. The molecule has 0 saturated carbocycles. The minimum atomic E-state index is -1.18. The van der Waals surface area contributed by atoms with Crippen molar-refractivity contribution >= 4 is 29.9 Å². The highest BCUT2D eigenvalue weighted by atomic mass is 127. The third-order valence-corrected chi connectivity index (χ3v) is 5.91. The van der Waals surface area contributed by atoms with Crippen molar-refractivity contribution in [3.05, 3.63) is 53.5 Å². The number of hydrogen-bond acceptors (Lipinski definition) is 5. The van der Waals surface area contributed by atoms with Crippen LogP contribution in [-0.2, 0) is 15.8 Å². The molecule has 32 heavy (non-hydrogen) atoms. The second-order valence-corrected chi connectivity index (χ2v) is 8.40. The zero-order valence-electron chi connectivity index (χ0n) is 19.4. The summed E-state index contributed by atoms with van der Waals surface area (Å²) in [6.45, 7) is 8.83. The molecular weight excluding hydrogens is 521 g/mol. The van der Waals surface area contributed by atoms with E-state index >= 15 is 0 Å². The molecule has 3 N–H and O–H groups in total. The van der Waals surface area contributed by atoms with E-state index in [1.807, 2.05) is 13.0 Å². The quantitative estimate of drug-likeness (QED) is 0.261. The molecule has 1 aliphatic rings. The lowest BCUT2D eigenvalue weighted by molar-refractivity contribution is 0.0435. The molecular formula is C24H36IN3O4. The summed E-state index contributed by atoms with van der Waals surface area (Å²) in [7, 11) is 1.72. The summed E-state index contributed by atoms with van der Waals surface area (Å²) >= 11 is 0. The maximum Gasteiger partial charge on any atom is 0.191 e. The van der Waals surface area contributed by atoms with Gasteiger partial charge in [0, 0.05) is 37.3 Å². The molecule has 1 aromatic carbocycles. The number of rotatable bonds is 8. The Labute approximate surface area is 208 Å². The van der Waals surface area contributed by atoms with E-state index in [1.54, 1.807) is 32.4 Å². The Kier molecular flexibility index (Phi) is 9.84. The summed E-state index contributed by atoms with van der Waals surface area (Å²) in [5.41, 5.74) is 1.10.